The topological polar surface area (TPSA) is 46.9 Å². The molecule has 4 nitrogen and oxygen atoms in total. The quantitative estimate of drug-likeness (QED) is 0.687. The Balaban J connectivity index is 2.02. The molecule has 0 bridgehead atoms. The van der Waals surface area contributed by atoms with Crippen LogP contribution < -0.4 is 5.32 Å². The summed E-state index contributed by atoms with van der Waals surface area (Å²) in [7, 11) is 0. The number of rotatable bonds is 3. The average molecular weight is 380 g/mol. The highest BCUT2D eigenvalue weighted by Crippen LogP contribution is 2.34. The van der Waals surface area contributed by atoms with E-state index in [1.54, 1.807) is 18.2 Å². The highest BCUT2D eigenvalue weighted by molar-refractivity contribution is 6.30. The predicted molar refractivity (Wildman–Crippen MR) is 92.7 cm³/mol. The second-order valence-corrected chi connectivity index (χ2v) is 6.05. The number of alkyl halides is 3. The van der Waals surface area contributed by atoms with Crippen LogP contribution in [0.2, 0.25) is 5.02 Å². The number of aromatic nitrogens is 2. The molecule has 0 saturated carbocycles. The molecular formula is C18H13ClF3N3O. The smallest absolute Gasteiger partial charge is 0.322 e. The molecule has 0 unspecified atom stereocenters. The molecule has 0 saturated heterocycles. The number of hydrogen-bond donors (Lipinski definition) is 1. The SMILES string of the molecule is Cc1cccc(NC(=O)c2cnn(-c3ccc(Cl)cc3)c2C(F)(F)F)c1. The third kappa shape index (κ3) is 3.72. The van der Waals surface area contributed by atoms with E-state index in [1.165, 1.54) is 24.3 Å². The van der Waals surface area contributed by atoms with E-state index in [0.29, 0.717) is 15.4 Å². The number of nitrogens with one attached hydrogen (secondary N) is 1. The van der Waals surface area contributed by atoms with Gasteiger partial charge in [-0.15, -0.1) is 0 Å². The first-order valence-corrected chi connectivity index (χ1v) is 7.92. The van der Waals surface area contributed by atoms with Crippen LogP contribution in [0.3, 0.4) is 0 Å². The van der Waals surface area contributed by atoms with Crippen LogP contribution in [0.1, 0.15) is 21.6 Å². The molecule has 0 aliphatic heterocycles. The Morgan fingerprint density at radius 1 is 1.15 bits per heavy atom. The standard InChI is InChI=1S/C18H13ClF3N3O/c1-11-3-2-4-13(9-11)24-17(26)15-10-23-25(16(15)18(20,21)22)14-7-5-12(19)6-8-14/h2-10H,1H3,(H,24,26). The van der Waals surface area contributed by atoms with Crippen molar-refractivity contribution in [2.45, 2.75) is 13.1 Å². The van der Waals surface area contributed by atoms with Crippen LogP contribution >= 0.6 is 11.6 Å². The third-order valence-electron chi connectivity index (χ3n) is 3.63. The first-order valence-electron chi connectivity index (χ1n) is 7.55. The summed E-state index contributed by atoms with van der Waals surface area (Å²) in [5.74, 6) is -0.886. The van der Waals surface area contributed by atoms with E-state index >= 15 is 0 Å². The molecule has 0 spiro atoms. The first-order chi connectivity index (χ1) is 12.3. The molecule has 1 aromatic heterocycles. The average Bonchev–Trinajstić information content (AvgIpc) is 3.01. The number of carbonyl (C=O) groups is 1. The largest absolute Gasteiger partial charge is 0.434 e. The second-order valence-electron chi connectivity index (χ2n) is 5.62. The number of amides is 1. The van der Waals surface area contributed by atoms with Gasteiger partial charge in [-0.2, -0.15) is 18.3 Å². The van der Waals surface area contributed by atoms with Crippen molar-refractivity contribution in [3.05, 3.63) is 76.6 Å². The molecule has 134 valence electrons. The van der Waals surface area contributed by atoms with Gasteiger partial charge in [0, 0.05) is 10.7 Å². The molecule has 26 heavy (non-hydrogen) atoms. The fraction of sp³-hybridized carbons (Fsp3) is 0.111. The van der Waals surface area contributed by atoms with Crippen molar-refractivity contribution >= 4 is 23.2 Å². The second kappa shape index (κ2) is 6.84. The van der Waals surface area contributed by atoms with Gasteiger partial charge in [-0.05, 0) is 48.9 Å². The van der Waals surface area contributed by atoms with Gasteiger partial charge in [-0.3, -0.25) is 4.79 Å². The lowest BCUT2D eigenvalue weighted by atomic mass is 10.2. The van der Waals surface area contributed by atoms with E-state index in [2.05, 4.69) is 10.4 Å². The van der Waals surface area contributed by atoms with Crippen molar-refractivity contribution in [2.24, 2.45) is 0 Å². The van der Waals surface area contributed by atoms with Gasteiger partial charge in [0.2, 0.25) is 0 Å². The van der Waals surface area contributed by atoms with Gasteiger partial charge >= 0.3 is 6.18 Å². The number of halogens is 4. The van der Waals surface area contributed by atoms with E-state index in [1.807, 2.05) is 13.0 Å². The minimum atomic E-state index is -4.77. The van der Waals surface area contributed by atoms with E-state index in [4.69, 9.17) is 11.6 Å². The predicted octanol–water partition coefficient (Wildman–Crippen LogP) is 5.11. The van der Waals surface area contributed by atoms with Crippen LogP contribution in [0, 0.1) is 6.92 Å². The Labute approximate surface area is 152 Å². The summed E-state index contributed by atoms with van der Waals surface area (Å²) in [6, 6.07) is 12.5. The van der Waals surface area contributed by atoms with Crippen LogP contribution in [-0.4, -0.2) is 15.7 Å². The number of anilines is 1. The number of aryl methyl sites for hydroxylation is 1. The minimum Gasteiger partial charge on any atom is -0.322 e. The Hall–Kier alpha value is -2.80. The number of benzene rings is 2. The van der Waals surface area contributed by atoms with Crippen molar-refractivity contribution in [1.82, 2.24) is 9.78 Å². The summed E-state index contributed by atoms with van der Waals surface area (Å²) in [4.78, 5) is 12.4. The molecule has 0 atom stereocenters. The zero-order chi connectivity index (χ0) is 18.9. The van der Waals surface area contributed by atoms with Crippen LogP contribution in [0.4, 0.5) is 18.9 Å². The lowest BCUT2D eigenvalue weighted by Crippen LogP contribution is -2.20. The van der Waals surface area contributed by atoms with Crippen molar-refractivity contribution in [1.29, 1.82) is 0 Å². The molecular weight excluding hydrogens is 367 g/mol. The molecule has 1 heterocycles. The van der Waals surface area contributed by atoms with Crippen molar-refractivity contribution < 1.29 is 18.0 Å². The van der Waals surface area contributed by atoms with Crippen molar-refractivity contribution in [2.75, 3.05) is 5.32 Å². The van der Waals surface area contributed by atoms with Crippen LogP contribution in [0.25, 0.3) is 5.69 Å². The lowest BCUT2D eigenvalue weighted by Gasteiger charge is -2.13. The van der Waals surface area contributed by atoms with Gasteiger partial charge in [0.15, 0.2) is 5.69 Å². The first kappa shape index (κ1) is 18.0. The maximum absolute atomic E-state index is 13.6. The molecule has 3 rings (SSSR count). The Morgan fingerprint density at radius 3 is 2.46 bits per heavy atom. The third-order valence-corrected chi connectivity index (χ3v) is 3.88. The highest BCUT2D eigenvalue weighted by atomic mass is 35.5. The Morgan fingerprint density at radius 2 is 1.85 bits per heavy atom. The Bertz CT molecular complexity index is 949. The molecule has 0 aliphatic carbocycles. The van der Waals surface area contributed by atoms with Crippen LogP contribution in [-0.2, 0) is 6.18 Å². The van der Waals surface area contributed by atoms with Crippen molar-refractivity contribution in [3.63, 3.8) is 0 Å². The number of carbonyl (C=O) groups excluding carboxylic acids is 1. The van der Waals surface area contributed by atoms with Crippen LogP contribution in [0.5, 0.6) is 0 Å². The molecule has 0 fully saturated rings. The van der Waals surface area contributed by atoms with E-state index in [-0.39, 0.29) is 5.69 Å². The number of nitrogens with zero attached hydrogens (tertiary/aromatic N) is 2. The summed E-state index contributed by atoms with van der Waals surface area (Å²) >= 11 is 5.77. The van der Waals surface area contributed by atoms with Crippen molar-refractivity contribution in [3.8, 4) is 5.69 Å². The molecule has 8 heteroatoms. The van der Waals surface area contributed by atoms with E-state index in [9.17, 15) is 18.0 Å². The molecule has 0 radical (unpaired) electrons. The maximum Gasteiger partial charge on any atom is 0.434 e. The van der Waals surface area contributed by atoms with Gasteiger partial charge < -0.3 is 5.32 Å². The normalized spacial score (nSPS) is 11.4. The molecule has 0 aliphatic rings. The maximum atomic E-state index is 13.6. The summed E-state index contributed by atoms with van der Waals surface area (Å²) in [5.41, 5.74) is -0.284. The highest BCUT2D eigenvalue weighted by Gasteiger charge is 2.40. The van der Waals surface area contributed by atoms with Gasteiger partial charge in [0.25, 0.3) is 5.91 Å². The fourth-order valence-electron chi connectivity index (χ4n) is 2.49. The van der Waals surface area contributed by atoms with Gasteiger partial charge in [-0.25, -0.2) is 4.68 Å². The Kier molecular flexibility index (Phi) is 4.73. The van der Waals surface area contributed by atoms with Crippen LogP contribution in [0.15, 0.2) is 54.7 Å². The van der Waals surface area contributed by atoms with Gasteiger partial charge in [0.1, 0.15) is 0 Å². The summed E-state index contributed by atoms with van der Waals surface area (Å²) < 4.78 is 41.5. The van der Waals surface area contributed by atoms with E-state index < -0.39 is 23.3 Å². The van der Waals surface area contributed by atoms with E-state index in [0.717, 1.165) is 11.8 Å². The summed E-state index contributed by atoms with van der Waals surface area (Å²) in [6.45, 7) is 1.81. The number of hydrogen-bond acceptors (Lipinski definition) is 2. The lowest BCUT2D eigenvalue weighted by molar-refractivity contribution is -0.143. The van der Waals surface area contributed by atoms with Gasteiger partial charge in [0.05, 0.1) is 17.4 Å². The zero-order valence-corrected chi connectivity index (χ0v) is 14.3. The monoisotopic (exact) mass is 379 g/mol. The minimum absolute atomic E-state index is 0.149. The molecule has 1 amide bonds. The molecule has 3 aromatic rings. The van der Waals surface area contributed by atoms with Gasteiger partial charge in [-0.1, -0.05) is 23.7 Å². The molecule has 2 aromatic carbocycles. The summed E-state index contributed by atoms with van der Waals surface area (Å²) in [6.07, 6.45) is -3.86. The zero-order valence-electron chi connectivity index (χ0n) is 13.5. The fourth-order valence-corrected chi connectivity index (χ4v) is 2.61. The summed E-state index contributed by atoms with van der Waals surface area (Å²) in [5, 5.41) is 6.61. The molecule has 1 N–H and O–H groups in total.